The number of rotatable bonds is 10. The molecule has 0 aliphatic heterocycles. The van der Waals surface area contributed by atoms with E-state index in [1.54, 1.807) is 6.20 Å². The van der Waals surface area contributed by atoms with Gasteiger partial charge in [0.2, 0.25) is 0 Å². The van der Waals surface area contributed by atoms with Crippen molar-refractivity contribution in [3.63, 3.8) is 0 Å². The molecule has 6 heteroatoms. The quantitative estimate of drug-likeness (QED) is 0.235. The summed E-state index contributed by atoms with van der Waals surface area (Å²) in [4.78, 5) is 4.68. The maximum absolute atomic E-state index is 9.10. The van der Waals surface area contributed by atoms with Gasteiger partial charge in [-0.25, -0.2) is 0 Å². The summed E-state index contributed by atoms with van der Waals surface area (Å²) in [6, 6.07) is 26.0. The highest BCUT2D eigenvalue weighted by Crippen LogP contribution is 2.30. The summed E-state index contributed by atoms with van der Waals surface area (Å²) < 4.78 is 0. The second-order valence-electron chi connectivity index (χ2n) is 9.19. The fraction of sp³-hybridized carbons (Fsp3) is 0.194. The summed E-state index contributed by atoms with van der Waals surface area (Å²) in [6.45, 7) is 1.22. The van der Waals surface area contributed by atoms with Crippen molar-refractivity contribution in [2.45, 2.75) is 38.8 Å². The molecular weight excluding hydrogens is 456 g/mol. The molecule has 4 rings (SSSR count). The van der Waals surface area contributed by atoms with Gasteiger partial charge in [-0.2, -0.15) is 5.26 Å². The standard InChI is InChI=1S/C31H32N6/c32-17-26-4-1-3-25(16-26)15-22-7-9-23(10-8-22)19-36-21-29(18-33)30(27-5-2-6-27)37-20-24-11-13-28(14-12-24)31(34)35/h1,3-4,7-14,16,18,21,37H,2,5-6,15,19-20,33H2,(H3,34,35)/b29-18+,36-21?. The van der Waals surface area contributed by atoms with Gasteiger partial charge in [-0.15, -0.1) is 0 Å². The van der Waals surface area contributed by atoms with Gasteiger partial charge in [-0.3, -0.25) is 10.4 Å². The number of nitrogens with two attached hydrogens (primary N) is 2. The lowest BCUT2D eigenvalue weighted by Gasteiger charge is -2.24. The molecule has 6 N–H and O–H groups in total. The number of allylic oxidation sites excluding steroid dienone is 2. The SMILES string of the molecule is N#Cc1cccc(Cc2ccc(CN=C/C(=C\N)C(NCc3ccc(C(=N)N)cc3)=C3CCC3)cc2)c1. The van der Waals surface area contributed by atoms with Crippen molar-refractivity contribution in [2.75, 3.05) is 0 Å². The zero-order chi connectivity index (χ0) is 26.0. The molecular formula is C31H32N6. The largest absolute Gasteiger partial charge is 0.404 e. The number of benzene rings is 3. The van der Waals surface area contributed by atoms with Crippen molar-refractivity contribution < 1.29 is 0 Å². The highest BCUT2D eigenvalue weighted by Gasteiger charge is 2.17. The van der Waals surface area contributed by atoms with E-state index in [0.29, 0.717) is 18.7 Å². The minimum atomic E-state index is 0.0707. The van der Waals surface area contributed by atoms with Crippen molar-refractivity contribution in [3.05, 3.63) is 129 Å². The Bertz CT molecular complexity index is 1370. The van der Waals surface area contributed by atoms with Gasteiger partial charge in [-0.05, 0) is 65.6 Å². The third-order valence-electron chi connectivity index (χ3n) is 6.50. The molecule has 1 aliphatic carbocycles. The minimum absolute atomic E-state index is 0.0707. The van der Waals surface area contributed by atoms with Crippen LogP contribution in [0.1, 0.15) is 52.6 Å². The van der Waals surface area contributed by atoms with E-state index in [1.807, 2.05) is 54.7 Å². The number of hydrogen-bond donors (Lipinski definition) is 4. The summed E-state index contributed by atoms with van der Waals surface area (Å²) in [5, 5.41) is 20.2. The van der Waals surface area contributed by atoms with Crippen LogP contribution in [0.4, 0.5) is 0 Å². The molecule has 0 amide bonds. The van der Waals surface area contributed by atoms with Crippen LogP contribution in [-0.4, -0.2) is 12.1 Å². The first kappa shape index (κ1) is 25.5. The van der Waals surface area contributed by atoms with Gasteiger partial charge < -0.3 is 16.8 Å². The first-order valence-corrected chi connectivity index (χ1v) is 12.4. The van der Waals surface area contributed by atoms with Crippen LogP contribution < -0.4 is 16.8 Å². The predicted molar refractivity (Wildman–Crippen MR) is 150 cm³/mol. The van der Waals surface area contributed by atoms with Crippen LogP contribution in [0.3, 0.4) is 0 Å². The number of aliphatic imine (C=N–C) groups is 1. The van der Waals surface area contributed by atoms with Crippen LogP contribution in [0.15, 0.2) is 101 Å². The summed E-state index contributed by atoms with van der Waals surface area (Å²) in [6.07, 6.45) is 7.59. The lowest BCUT2D eigenvalue weighted by molar-refractivity contribution is 0.632. The molecule has 1 saturated carbocycles. The van der Waals surface area contributed by atoms with Crippen LogP contribution in [0, 0.1) is 16.7 Å². The maximum Gasteiger partial charge on any atom is 0.122 e. The number of nitrogens with one attached hydrogen (secondary N) is 2. The van der Waals surface area contributed by atoms with Crippen molar-refractivity contribution >= 4 is 12.1 Å². The molecule has 1 aliphatic rings. The molecule has 0 aromatic heterocycles. The Hall–Kier alpha value is -4.63. The monoisotopic (exact) mass is 488 g/mol. The van der Waals surface area contributed by atoms with E-state index in [-0.39, 0.29) is 5.84 Å². The predicted octanol–water partition coefficient (Wildman–Crippen LogP) is 5.07. The molecule has 0 spiro atoms. The Kier molecular flexibility index (Phi) is 8.51. The molecule has 0 unspecified atom stereocenters. The Labute approximate surface area is 218 Å². The van der Waals surface area contributed by atoms with Crippen molar-refractivity contribution in [1.82, 2.24) is 5.32 Å². The normalized spacial score (nSPS) is 13.2. The number of amidine groups is 1. The van der Waals surface area contributed by atoms with Gasteiger partial charge in [0, 0.05) is 35.8 Å². The summed E-state index contributed by atoms with van der Waals surface area (Å²) in [5.74, 6) is 0.0707. The van der Waals surface area contributed by atoms with Gasteiger partial charge in [0.15, 0.2) is 0 Å². The van der Waals surface area contributed by atoms with E-state index in [0.717, 1.165) is 52.8 Å². The van der Waals surface area contributed by atoms with Gasteiger partial charge in [-0.1, -0.05) is 60.7 Å². The maximum atomic E-state index is 9.10. The van der Waals surface area contributed by atoms with Crippen LogP contribution in [0.25, 0.3) is 0 Å². The number of hydrogen-bond acceptors (Lipinski definition) is 5. The molecule has 37 heavy (non-hydrogen) atoms. The molecule has 0 bridgehead atoms. The van der Waals surface area contributed by atoms with Crippen molar-refractivity contribution in [2.24, 2.45) is 16.5 Å². The van der Waals surface area contributed by atoms with Crippen molar-refractivity contribution in [3.8, 4) is 6.07 Å². The Morgan fingerprint density at radius 3 is 2.30 bits per heavy atom. The zero-order valence-corrected chi connectivity index (χ0v) is 20.9. The van der Waals surface area contributed by atoms with Crippen LogP contribution >= 0.6 is 0 Å². The molecule has 0 radical (unpaired) electrons. The van der Waals surface area contributed by atoms with Crippen LogP contribution in [-0.2, 0) is 19.5 Å². The van der Waals surface area contributed by atoms with Gasteiger partial charge in [0.05, 0.1) is 18.2 Å². The third-order valence-corrected chi connectivity index (χ3v) is 6.50. The number of nitrogens with zero attached hydrogens (tertiary/aromatic N) is 2. The molecule has 0 heterocycles. The molecule has 3 aromatic rings. The molecule has 0 saturated heterocycles. The summed E-state index contributed by atoms with van der Waals surface area (Å²) >= 11 is 0. The minimum Gasteiger partial charge on any atom is -0.404 e. The average Bonchev–Trinajstić information content (AvgIpc) is 2.89. The smallest absolute Gasteiger partial charge is 0.122 e. The van der Waals surface area contributed by atoms with Crippen molar-refractivity contribution in [1.29, 1.82) is 10.7 Å². The lowest BCUT2D eigenvalue weighted by Crippen LogP contribution is -2.21. The summed E-state index contributed by atoms with van der Waals surface area (Å²) in [7, 11) is 0. The number of nitrogen functional groups attached to an aromatic ring is 1. The lowest BCUT2D eigenvalue weighted by atomic mass is 9.88. The number of nitriles is 1. The molecule has 3 aromatic carbocycles. The average molecular weight is 489 g/mol. The van der Waals surface area contributed by atoms with E-state index in [9.17, 15) is 0 Å². The first-order chi connectivity index (χ1) is 18.1. The molecule has 6 nitrogen and oxygen atoms in total. The fourth-order valence-corrected chi connectivity index (χ4v) is 4.22. The molecule has 0 atom stereocenters. The third kappa shape index (κ3) is 6.96. The fourth-order valence-electron chi connectivity index (χ4n) is 4.22. The highest BCUT2D eigenvalue weighted by molar-refractivity contribution is 5.94. The first-order valence-electron chi connectivity index (χ1n) is 12.4. The van der Waals surface area contributed by atoms with Gasteiger partial charge in [0.1, 0.15) is 5.84 Å². The highest BCUT2D eigenvalue weighted by atomic mass is 14.9. The van der Waals surface area contributed by atoms with E-state index in [2.05, 4.69) is 40.6 Å². The second kappa shape index (κ2) is 12.4. The van der Waals surface area contributed by atoms with E-state index in [1.165, 1.54) is 17.6 Å². The van der Waals surface area contributed by atoms with Crippen LogP contribution in [0.5, 0.6) is 0 Å². The van der Waals surface area contributed by atoms with E-state index >= 15 is 0 Å². The van der Waals surface area contributed by atoms with E-state index < -0.39 is 0 Å². The Balaban J connectivity index is 1.37. The zero-order valence-electron chi connectivity index (χ0n) is 20.9. The Morgan fingerprint density at radius 1 is 0.973 bits per heavy atom. The topological polar surface area (TPSA) is 124 Å². The Morgan fingerprint density at radius 2 is 1.68 bits per heavy atom. The van der Waals surface area contributed by atoms with Crippen LogP contribution in [0.2, 0.25) is 0 Å². The van der Waals surface area contributed by atoms with Gasteiger partial charge in [0.25, 0.3) is 0 Å². The summed E-state index contributed by atoms with van der Waals surface area (Å²) in [5.41, 5.74) is 20.9. The van der Waals surface area contributed by atoms with E-state index in [4.69, 9.17) is 22.1 Å². The van der Waals surface area contributed by atoms with Gasteiger partial charge >= 0.3 is 0 Å². The molecule has 186 valence electrons. The molecule has 1 fully saturated rings. The second-order valence-corrected chi connectivity index (χ2v) is 9.19.